The fourth-order valence-corrected chi connectivity index (χ4v) is 4.27. The number of benzene rings is 2. The molecule has 0 N–H and O–H groups in total. The van der Waals surface area contributed by atoms with Crippen LogP contribution >= 0.6 is 0 Å². The van der Waals surface area contributed by atoms with Gasteiger partial charge in [0, 0.05) is 0 Å². The largest absolute Gasteiger partial charge is 0.451 e. The summed E-state index contributed by atoms with van der Waals surface area (Å²) in [6.07, 6.45) is 8.12. The second-order valence-corrected chi connectivity index (χ2v) is 8.00. The number of hydrogen-bond donors (Lipinski definition) is 0. The van der Waals surface area contributed by atoms with E-state index < -0.39 is 11.4 Å². The average molecular weight is 394 g/mol. The minimum Gasteiger partial charge on any atom is -0.451 e. The number of unbranched alkanes of at least 4 members (excludes halogenated alkanes) is 2. The number of rotatable bonds is 7. The van der Waals surface area contributed by atoms with Crippen LogP contribution in [0.2, 0.25) is 0 Å². The Morgan fingerprint density at radius 1 is 1.17 bits per heavy atom. The van der Waals surface area contributed by atoms with Crippen LogP contribution in [0.3, 0.4) is 0 Å². The standard InChI is InChI=1S/C25H28FNO2/c1-2-3-5-8-19-13-15-25(16-14-19,22-12-11-21(18-27)23(26)17-22)29-24(28)20-9-6-4-7-10-20/h4,6-7,9-12,17,19H,2-3,5,8,13-16H2,1H3/t19-,25-. The number of esters is 1. The van der Waals surface area contributed by atoms with Crippen LogP contribution < -0.4 is 0 Å². The summed E-state index contributed by atoms with van der Waals surface area (Å²) < 4.78 is 20.4. The van der Waals surface area contributed by atoms with Crippen molar-refractivity contribution in [1.29, 1.82) is 5.26 Å². The molecule has 0 radical (unpaired) electrons. The molecule has 3 nitrogen and oxygen atoms in total. The molecule has 0 spiro atoms. The van der Waals surface area contributed by atoms with Crippen LogP contribution in [0.25, 0.3) is 0 Å². The minimum absolute atomic E-state index is 0.00605. The molecule has 0 unspecified atom stereocenters. The predicted molar refractivity (Wildman–Crippen MR) is 111 cm³/mol. The molecule has 0 aromatic heterocycles. The van der Waals surface area contributed by atoms with Gasteiger partial charge < -0.3 is 4.74 Å². The van der Waals surface area contributed by atoms with E-state index in [0.29, 0.717) is 29.9 Å². The predicted octanol–water partition coefficient (Wildman–Crippen LogP) is 6.52. The molecule has 1 aliphatic carbocycles. The SMILES string of the molecule is CCCCC[C@H]1CC[C@@](OC(=O)c2ccccc2)(c2ccc(C#N)c(F)c2)CC1. The van der Waals surface area contributed by atoms with E-state index in [-0.39, 0.29) is 11.5 Å². The van der Waals surface area contributed by atoms with E-state index in [1.165, 1.54) is 37.8 Å². The van der Waals surface area contributed by atoms with Crippen LogP contribution in [0.5, 0.6) is 0 Å². The van der Waals surface area contributed by atoms with Gasteiger partial charge in [-0.25, -0.2) is 9.18 Å². The quantitative estimate of drug-likeness (QED) is 0.397. The van der Waals surface area contributed by atoms with Crippen molar-refractivity contribution < 1.29 is 13.9 Å². The van der Waals surface area contributed by atoms with Gasteiger partial charge in [-0.2, -0.15) is 5.26 Å². The number of nitriles is 1. The second-order valence-electron chi connectivity index (χ2n) is 8.00. The second kappa shape index (κ2) is 9.69. The van der Waals surface area contributed by atoms with E-state index in [0.717, 1.165) is 12.8 Å². The normalized spacial score (nSPS) is 21.3. The fraction of sp³-hybridized carbons (Fsp3) is 0.440. The third kappa shape index (κ3) is 5.03. The van der Waals surface area contributed by atoms with E-state index in [4.69, 9.17) is 10.00 Å². The van der Waals surface area contributed by atoms with Gasteiger partial charge in [0.15, 0.2) is 0 Å². The zero-order chi connectivity index (χ0) is 20.7. The highest BCUT2D eigenvalue weighted by atomic mass is 19.1. The lowest BCUT2D eigenvalue weighted by molar-refractivity contribution is -0.0500. The first-order valence-electron chi connectivity index (χ1n) is 10.6. The van der Waals surface area contributed by atoms with E-state index in [1.807, 2.05) is 12.1 Å². The summed E-state index contributed by atoms with van der Waals surface area (Å²) in [4.78, 5) is 12.8. The summed E-state index contributed by atoms with van der Waals surface area (Å²) in [5.74, 6) is -0.335. The summed E-state index contributed by atoms with van der Waals surface area (Å²) in [5.41, 5.74) is 0.297. The van der Waals surface area contributed by atoms with Crippen molar-refractivity contribution in [2.45, 2.75) is 63.9 Å². The molecule has 0 heterocycles. The molecule has 1 aliphatic rings. The Bertz CT molecular complexity index is 864. The van der Waals surface area contributed by atoms with E-state index >= 15 is 0 Å². The van der Waals surface area contributed by atoms with E-state index in [2.05, 4.69) is 6.92 Å². The summed E-state index contributed by atoms with van der Waals surface area (Å²) in [6, 6.07) is 15.4. The Labute approximate surface area is 172 Å². The van der Waals surface area contributed by atoms with Crippen molar-refractivity contribution in [3.63, 3.8) is 0 Å². The van der Waals surface area contributed by atoms with Crippen LogP contribution in [0.1, 0.15) is 79.8 Å². The molecular weight excluding hydrogens is 365 g/mol. The van der Waals surface area contributed by atoms with Crippen LogP contribution in [0, 0.1) is 23.1 Å². The van der Waals surface area contributed by atoms with Crippen molar-refractivity contribution in [2.75, 3.05) is 0 Å². The molecule has 152 valence electrons. The highest BCUT2D eigenvalue weighted by Gasteiger charge is 2.41. The van der Waals surface area contributed by atoms with Gasteiger partial charge in [0.25, 0.3) is 0 Å². The average Bonchev–Trinajstić information content (AvgIpc) is 2.75. The van der Waals surface area contributed by atoms with Crippen molar-refractivity contribution in [3.8, 4) is 6.07 Å². The van der Waals surface area contributed by atoms with Gasteiger partial charge in [-0.05, 0) is 61.4 Å². The monoisotopic (exact) mass is 393 g/mol. The number of nitrogens with zero attached hydrogens (tertiary/aromatic N) is 1. The maximum absolute atomic E-state index is 14.4. The molecule has 1 fully saturated rings. The number of ether oxygens (including phenoxy) is 1. The van der Waals surface area contributed by atoms with Crippen LogP contribution in [-0.2, 0) is 10.3 Å². The van der Waals surface area contributed by atoms with Crippen molar-refractivity contribution >= 4 is 5.97 Å². The van der Waals surface area contributed by atoms with Crippen LogP contribution in [0.15, 0.2) is 48.5 Å². The zero-order valence-corrected chi connectivity index (χ0v) is 17.0. The van der Waals surface area contributed by atoms with Crippen LogP contribution in [-0.4, -0.2) is 5.97 Å². The van der Waals surface area contributed by atoms with E-state index in [9.17, 15) is 9.18 Å². The number of carbonyl (C=O) groups is 1. The third-order valence-electron chi connectivity index (χ3n) is 6.04. The van der Waals surface area contributed by atoms with Gasteiger partial charge in [-0.15, -0.1) is 0 Å². The lowest BCUT2D eigenvalue weighted by Crippen LogP contribution is -2.37. The Morgan fingerprint density at radius 3 is 2.52 bits per heavy atom. The third-order valence-corrected chi connectivity index (χ3v) is 6.04. The lowest BCUT2D eigenvalue weighted by atomic mass is 9.73. The van der Waals surface area contributed by atoms with Gasteiger partial charge in [0.2, 0.25) is 0 Å². The summed E-state index contributed by atoms with van der Waals surface area (Å²) in [6.45, 7) is 2.20. The molecule has 0 atom stereocenters. The number of halogens is 1. The van der Waals surface area contributed by atoms with Gasteiger partial charge in [-0.3, -0.25) is 0 Å². The molecular formula is C25H28FNO2. The van der Waals surface area contributed by atoms with E-state index in [1.54, 1.807) is 30.3 Å². The highest BCUT2D eigenvalue weighted by molar-refractivity contribution is 5.89. The molecule has 0 bridgehead atoms. The Morgan fingerprint density at radius 2 is 1.90 bits per heavy atom. The van der Waals surface area contributed by atoms with Crippen molar-refractivity contribution in [1.82, 2.24) is 0 Å². The van der Waals surface area contributed by atoms with Crippen LogP contribution in [0.4, 0.5) is 4.39 Å². The van der Waals surface area contributed by atoms with Gasteiger partial charge >= 0.3 is 5.97 Å². The Balaban J connectivity index is 1.83. The van der Waals surface area contributed by atoms with Crippen molar-refractivity contribution in [2.24, 2.45) is 5.92 Å². The Kier molecular flexibility index (Phi) is 7.04. The first-order valence-corrected chi connectivity index (χ1v) is 10.6. The first-order chi connectivity index (χ1) is 14.1. The molecule has 0 saturated heterocycles. The molecule has 0 aliphatic heterocycles. The minimum atomic E-state index is -0.844. The Hall–Kier alpha value is -2.67. The summed E-state index contributed by atoms with van der Waals surface area (Å²) >= 11 is 0. The van der Waals surface area contributed by atoms with Gasteiger partial charge in [-0.1, -0.05) is 56.9 Å². The molecule has 0 amide bonds. The molecule has 4 heteroatoms. The fourth-order valence-electron chi connectivity index (χ4n) is 4.27. The first kappa shape index (κ1) is 21.0. The summed E-state index contributed by atoms with van der Waals surface area (Å²) in [5, 5.41) is 9.04. The smallest absolute Gasteiger partial charge is 0.339 e. The van der Waals surface area contributed by atoms with Gasteiger partial charge in [0.1, 0.15) is 17.5 Å². The van der Waals surface area contributed by atoms with Gasteiger partial charge in [0.05, 0.1) is 11.1 Å². The molecule has 1 saturated carbocycles. The molecule has 29 heavy (non-hydrogen) atoms. The number of hydrogen-bond acceptors (Lipinski definition) is 3. The number of carbonyl (C=O) groups excluding carboxylic acids is 1. The topological polar surface area (TPSA) is 50.1 Å². The lowest BCUT2D eigenvalue weighted by Gasteiger charge is -2.40. The molecule has 2 aromatic rings. The maximum Gasteiger partial charge on any atom is 0.339 e. The summed E-state index contributed by atoms with van der Waals surface area (Å²) in [7, 11) is 0. The van der Waals surface area contributed by atoms with Crippen molar-refractivity contribution in [3.05, 3.63) is 71.0 Å². The zero-order valence-electron chi connectivity index (χ0n) is 17.0. The molecule has 2 aromatic carbocycles. The molecule has 3 rings (SSSR count). The highest BCUT2D eigenvalue weighted by Crippen LogP contribution is 2.44. The maximum atomic E-state index is 14.4.